The Morgan fingerprint density at radius 3 is 2.94 bits per heavy atom. The number of nitrogens with zero attached hydrogens (tertiary/aromatic N) is 1. The molecule has 2 rings (SSSR count). The van der Waals surface area contributed by atoms with E-state index in [1.807, 2.05) is 17.0 Å². The standard InChI is InChI=1S/C14H18ClNOS/c1-2-8-16(9-7-15)14(17)12-10-18-13-6-4-3-5-11(12)13/h3-6,12H,2,7-10H2,1H3. The molecule has 1 aromatic rings. The molecular formula is C14H18ClNOS. The third kappa shape index (κ3) is 2.83. The van der Waals surface area contributed by atoms with E-state index in [1.54, 1.807) is 11.8 Å². The van der Waals surface area contributed by atoms with E-state index < -0.39 is 0 Å². The van der Waals surface area contributed by atoms with E-state index >= 15 is 0 Å². The van der Waals surface area contributed by atoms with Crippen LogP contribution >= 0.6 is 23.4 Å². The third-order valence-electron chi connectivity index (χ3n) is 3.16. The minimum Gasteiger partial charge on any atom is -0.341 e. The lowest BCUT2D eigenvalue weighted by molar-refractivity contribution is -0.132. The molecule has 4 heteroatoms. The van der Waals surface area contributed by atoms with Crippen LogP contribution in [0.3, 0.4) is 0 Å². The van der Waals surface area contributed by atoms with E-state index in [1.165, 1.54) is 10.5 Å². The second-order valence-corrected chi connectivity index (χ2v) is 5.86. The van der Waals surface area contributed by atoms with Crippen molar-refractivity contribution in [3.63, 3.8) is 0 Å². The van der Waals surface area contributed by atoms with Gasteiger partial charge in [-0.15, -0.1) is 23.4 Å². The Kier molecular flexibility index (Phi) is 4.95. The van der Waals surface area contributed by atoms with Gasteiger partial charge in [-0.1, -0.05) is 25.1 Å². The maximum atomic E-state index is 12.5. The lowest BCUT2D eigenvalue weighted by atomic mass is 10.00. The monoisotopic (exact) mass is 283 g/mol. The predicted molar refractivity (Wildman–Crippen MR) is 77.5 cm³/mol. The minimum absolute atomic E-state index is 0.0148. The van der Waals surface area contributed by atoms with Crippen LogP contribution in [0.15, 0.2) is 29.2 Å². The first-order valence-electron chi connectivity index (χ1n) is 6.34. The summed E-state index contributed by atoms with van der Waals surface area (Å²) in [7, 11) is 0. The Morgan fingerprint density at radius 1 is 1.44 bits per heavy atom. The van der Waals surface area contributed by atoms with E-state index in [0.29, 0.717) is 12.4 Å². The van der Waals surface area contributed by atoms with Crippen LogP contribution in [-0.4, -0.2) is 35.5 Å². The molecule has 0 aromatic heterocycles. The molecular weight excluding hydrogens is 266 g/mol. The fourth-order valence-corrected chi connectivity index (χ4v) is 3.72. The first-order chi connectivity index (χ1) is 8.77. The average Bonchev–Trinajstić information content (AvgIpc) is 2.81. The van der Waals surface area contributed by atoms with Crippen LogP contribution in [0.5, 0.6) is 0 Å². The maximum absolute atomic E-state index is 12.5. The molecule has 0 spiro atoms. The summed E-state index contributed by atoms with van der Waals surface area (Å²) in [5, 5.41) is 0. The molecule has 0 radical (unpaired) electrons. The summed E-state index contributed by atoms with van der Waals surface area (Å²) in [6.45, 7) is 3.54. The molecule has 1 aliphatic heterocycles. The fraction of sp³-hybridized carbons (Fsp3) is 0.500. The quantitative estimate of drug-likeness (QED) is 0.773. The summed E-state index contributed by atoms with van der Waals surface area (Å²) < 4.78 is 0. The topological polar surface area (TPSA) is 20.3 Å². The highest BCUT2D eigenvalue weighted by Gasteiger charge is 2.31. The zero-order valence-electron chi connectivity index (χ0n) is 10.6. The van der Waals surface area contributed by atoms with Crippen LogP contribution in [0.1, 0.15) is 24.8 Å². The van der Waals surface area contributed by atoms with Crippen molar-refractivity contribution in [1.82, 2.24) is 4.90 Å². The number of thioether (sulfide) groups is 1. The summed E-state index contributed by atoms with van der Waals surface area (Å²) >= 11 is 7.56. The van der Waals surface area contributed by atoms with Crippen molar-refractivity contribution in [2.24, 2.45) is 0 Å². The van der Waals surface area contributed by atoms with Crippen LogP contribution in [0.2, 0.25) is 0 Å². The molecule has 0 aliphatic carbocycles. The van der Waals surface area contributed by atoms with Gasteiger partial charge >= 0.3 is 0 Å². The van der Waals surface area contributed by atoms with Crippen molar-refractivity contribution in [3.8, 4) is 0 Å². The summed E-state index contributed by atoms with van der Waals surface area (Å²) in [5.74, 6) is 1.62. The van der Waals surface area contributed by atoms with Gasteiger partial charge in [0.1, 0.15) is 0 Å². The van der Waals surface area contributed by atoms with Crippen LogP contribution in [0, 0.1) is 0 Å². The number of hydrogen-bond donors (Lipinski definition) is 0. The Bertz CT molecular complexity index is 418. The van der Waals surface area contributed by atoms with Crippen molar-refractivity contribution in [2.75, 3.05) is 24.7 Å². The van der Waals surface area contributed by atoms with Crippen molar-refractivity contribution < 1.29 is 4.79 Å². The maximum Gasteiger partial charge on any atom is 0.231 e. The zero-order chi connectivity index (χ0) is 13.0. The van der Waals surface area contributed by atoms with Crippen molar-refractivity contribution in [2.45, 2.75) is 24.2 Å². The van der Waals surface area contributed by atoms with Gasteiger partial charge in [-0.25, -0.2) is 0 Å². The first kappa shape index (κ1) is 13.8. The van der Waals surface area contributed by atoms with Crippen molar-refractivity contribution >= 4 is 29.3 Å². The minimum atomic E-state index is 0.0148. The lowest BCUT2D eigenvalue weighted by Crippen LogP contribution is -2.37. The van der Waals surface area contributed by atoms with Gasteiger partial charge in [-0.2, -0.15) is 0 Å². The van der Waals surface area contributed by atoms with E-state index in [2.05, 4.69) is 19.1 Å². The Morgan fingerprint density at radius 2 is 2.22 bits per heavy atom. The lowest BCUT2D eigenvalue weighted by Gasteiger charge is -2.24. The van der Waals surface area contributed by atoms with E-state index in [9.17, 15) is 4.79 Å². The highest BCUT2D eigenvalue weighted by molar-refractivity contribution is 7.99. The molecule has 1 atom stereocenters. The number of rotatable bonds is 5. The number of carbonyl (C=O) groups excluding carboxylic acids is 1. The Balaban J connectivity index is 2.14. The number of carbonyl (C=O) groups is 1. The van der Waals surface area contributed by atoms with Gasteiger partial charge in [0, 0.05) is 29.6 Å². The van der Waals surface area contributed by atoms with Gasteiger partial charge in [0.05, 0.1) is 5.92 Å². The second-order valence-electron chi connectivity index (χ2n) is 4.42. The number of alkyl halides is 1. The zero-order valence-corrected chi connectivity index (χ0v) is 12.1. The largest absolute Gasteiger partial charge is 0.341 e. The highest BCUT2D eigenvalue weighted by atomic mass is 35.5. The summed E-state index contributed by atoms with van der Waals surface area (Å²) in [4.78, 5) is 15.7. The molecule has 98 valence electrons. The van der Waals surface area contributed by atoms with Crippen LogP contribution < -0.4 is 0 Å². The van der Waals surface area contributed by atoms with Crippen molar-refractivity contribution in [3.05, 3.63) is 29.8 Å². The van der Waals surface area contributed by atoms with E-state index in [0.717, 1.165) is 18.7 Å². The number of benzene rings is 1. The summed E-state index contributed by atoms with van der Waals surface area (Å²) in [5.41, 5.74) is 1.18. The first-order valence-corrected chi connectivity index (χ1v) is 7.86. The van der Waals surface area contributed by atoms with Gasteiger partial charge in [0.2, 0.25) is 5.91 Å². The highest BCUT2D eigenvalue weighted by Crippen LogP contribution is 2.40. The SMILES string of the molecule is CCCN(CCCl)C(=O)C1CSc2ccccc21. The molecule has 0 saturated carbocycles. The molecule has 1 aliphatic rings. The molecule has 0 bridgehead atoms. The normalized spacial score (nSPS) is 17.6. The van der Waals surface area contributed by atoms with Crippen molar-refractivity contribution in [1.29, 1.82) is 0 Å². The number of halogens is 1. The summed E-state index contributed by atoms with van der Waals surface area (Å²) in [6, 6.07) is 8.21. The van der Waals surface area contributed by atoms with Gasteiger partial charge in [0.25, 0.3) is 0 Å². The molecule has 0 N–H and O–H groups in total. The Labute approximate surface area is 118 Å². The summed E-state index contributed by atoms with van der Waals surface area (Å²) in [6.07, 6.45) is 0.976. The molecule has 0 fully saturated rings. The smallest absolute Gasteiger partial charge is 0.231 e. The average molecular weight is 284 g/mol. The van der Waals surface area contributed by atoms with Gasteiger partial charge < -0.3 is 4.90 Å². The van der Waals surface area contributed by atoms with Crippen LogP contribution in [-0.2, 0) is 4.79 Å². The van der Waals surface area contributed by atoms with E-state index in [4.69, 9.17) is 11.6 Å². The molecule has 1 unspecified atom stereocenters. The molecule has 0 saturated heterocycles. The van der Waals surface area contributed by atoms with Crippen LogP contribution in [0.4, 0.5) is 0 Å². The van der Waals surface area contributed by atoms with Gasteiger partial charge in [0.15, 0.2) is 0 Å². The van der Waals surface area contributed by atoms with Gasteiger partial charge in [-0.3, -0.25) is 4.79 Å². The Hall–Kier alpha value is -0.670. The number of fused-ring (bicyclic) bond motifs is 1. The fourth-order valence-electron chi connectivity index (χ4n) is 2.29. The molecule has 1 heterocycles. The number of hydrogen-bond acceptors (Lipinski definition) is 2. The predicted octanol–water partition coefficient (Wildman–Crippen LogP) is 3.35. The number of amides is 1. The van der Waals surface area contributed by atoms with Gasteiger partial charge in [-0.05, 0) is 18.1 Å². The van der Waals surface area contributed by atoms with Crippen LogP contribution in [0.25, 0.3) is 0 Å². The molecule has 2 nitrogen and oxygen atoms in total. The third-order valence-corrected chi connectivity index (χ3v) is 4.51. The molecule has 1 aromatic carbocycles. The second kappa shape index (κ2) is 6.48. The molecule has 1 amide bonds. The molecule has 18 heavy (non-hydrogen) atoms. The van der Waals surface area contributed by atoms with E-state index in [-0.39, 0.29) is 11.8 Å².